The lowest BCUT2D eigenvalue weighted by Crippen LogP contribution is -2.13. The van der Waals surface area contributed by atoms with Crippen LogP contribution in [0.1, 0.15) is 46.7 Å². The first-order chi connectivity index (χ1) is 8.86. The van der Waals surface area contributed by atoms with Crippen LogP contribution in [0.25, 0.3) is 0 Å². The number of carbonyl (C=O) groups is 1. The summed E-state index contributed by atoms with van der Waals surface area (Å²) in [6.45, 7) is 1.94. The topological polar surface area (TPSA) is 80.7 Å². The van der Waals surface area contributed by atoms with Crippen LogP contribution < -0.4 is 0 Å². The molecule has 1 N–H and O–H groups in total. The Morgan fingerprint density at radius 1 is 1.53 bits per heavy atom. The largest absolute Gasteiger partial charge is 0.462 e. The van der Waals surface area contributed by atoms with Gasteiger partial charge in [0.15, 0.2) is 9.84 Å². The van der Waals surface area contributed by atoms with Crippen molar-refractivity contribution in [1.29, 1.82) is 0 Å². The minimum absolute atomic E-state index is 0.0951. The Kier molecular flexibility index (Phi) is 3.98. The third kappa shape index (κ3) is 2.68. The summed E-state index contributed by atoms with van der Waals surface area (Å²) in [6, 6.07) is 0. The van der Waals surface area contributed by atoms with Crippen LogP contribution in [0.3, 0.4) is 0 Å². The first-order valence-electron chi connectivity index (χ1n) is 6.07. The smallest absolute Gasteiger partial charge is 0.348 e. The number of sulfone groups is 1. The average molecular weight is 304 g/mol. The molecule has 0 aromatic carbocycles. The number of thiophene rings is 1. The van der Waals surface area contributed by atoms with Crippen molar-refractivity contribution in [1.82, 2.24) is 0 Å². The highest BCUT2D eigenvalue weighted by Crippen LogP contribution is 2.42. The van der Waals surface area contributed by atoms with Crippen LogP contribution in [0.15, 0.2) is 4.21 Å². The molecule has 1 unspecified atom stereocenters. The fourth-order valence-electron chi connectivity index (χ4n) is 2.29. The van der Waals surface area contributed by atoms with Crippen molar-refractivity contribution >= 4 is 27.1 Å². The lowest BCUT2D eigenvalue weighted by Gasteiger charge is -2.19. The number of hydrogen-bond donors (Lipinski definition) is 1. The SMILES string of the molecule is CCOC(=O)c1sc(S(C)(=O)=O)c2c1CCCC2O. The molecule has 0 bridgehead atoms. The maximum absolute atomic E-state index is 11.9. The van der Waals surface area contributed by atoms with E-state index in [4.69, 9.17) is 4.74 Å². The van der Waals surface area contributed by atoms with Crippen molar-refractivity contribution in [2.75, 3.05) is 12.9 Å². The standard InChI is InChI=1S/C12H16O5S2/c1-3-17-11(14)10-7-5-4-6-8(13)9(7)12(18-10)19(2,15)16/h8,13H,3-6H2,1-2H3. The predicted octanol–water partition coefficient (Wildman–Crippen LogP) is 1.70. The molecule has 0 spiro atoms. The molecule has 0 aliphatic heterocycles. The van der Waals surface area contributed by atoms with Gasteiger partial charge in [0.05, 0.1) is 12.7 Å². The zero-order valence-corrected chi connectivity index (χ0v) is 12.4. The van der Waals surface area contributed by atoms with E-state index >= 15 is 0 Å². The highest BCUT2D eigenvalue weighted by Gasteiger charge is 2.33. The number of aliphatic hydroxyl groups excluding tert-OH is 1. The lowest BCUT2D eigenvalue weighted by molar-refractivity contribution is 0.0530. The van der Waals surface area contributed by atoms with E-state index in [0.29, 0.717) is 28.8 Å². The molecule has 0 amide bonds. The quantitative estimate of drug-likeness (QED) is 0.860. The average Bonchev–Trinajstić information content (AvgIpc) is 2.70. The first kappa shape index (κ1) is 14.5. The molecule has 7 heteroatoms. The number of rotatable bonds is 3. The summed E-state index contributed by atoms with van der Waals surface area (Å²) < 4.78 is 28.6. The van der Waals surface area contributed by atoms with Gasteiger partial charge >= 0.3 is 5.97 Å². The Morgan fingerprint density at radius 2 is 2.21 bits per heavy atom. The van der Waals surface area contributed by atoms with Crippen LogP contribution in [0.5, 0.6) is 0 Å². The third-order valence-corrected chi connectivity index (χ3v) is 6.12. The zero-order valence-electron chi connectivity index (χ0n) is 10.8. The Morgan fingerprint density at radius 3 is 2.79 bits per heavy atom. The Hall–Kier alpha value is -0.920. The van der Waals surface area contributed by atoms with Gasteiger partial charge in [-0.25, -0.2) is 13.2 Å². The molecule has 0 fully saturated rings. The number of esters is 1. The summed E-state index contributed by atoms with van der Waals surface area (Å²) in [5, 5.41) is 10.0. The van der Waals surface area contributed by atoms with Gasteiger partial charge in [-0.3, -0.25) is 0 Å². The van der Waals surface area contributed by atoms with Crippen LogP contribution in [0.4, 0.5) is 0 Å². The van der Waals surface area contributed by atoms with Crippen molar-refractivity contribution in [3.63, 3.8) is 0 Å². The molecule has 1 aliphatic rings. The minimum atomic E-state index is -3.45. The molecular weight excluding hydrogens is 288 g/mol. The highest BCUT2D eigenvalue weighted by molar-refractivity contribution is 7.92. The van der Waals surface area contributed by atoms with Gasteiger partial charge in [-0.05, 0) is 31.7 Å². The number of ether oxygens (including phenoxy) is 1. The summed E-state index contributed by atoms with van der Waals surface area (Å²) in [5.41, 5.74) is 1.05. The number of fused-ring (bicyclic) bond motifs is 1. The van der Waals surface area contributed by atoms with E-state index in [2.05, 4.69) is 0 Å². The van der Waals surface area contributed by atoms with E-state index < -0.39 is 21.9 Å². The van der Waals surface area contributed by atoms with Crippen LogP contribution in [0, 0.1) is 0 Å². The summed E-state index contributed by atoms with van der Waals surface area (Å²) >= 11 is 0.912. The molecule has 19 heavy (non-hydrogen) atoms. The Balaban J connectivity index is 2.62. The second kappa shape index (κ2) is 5.22. The molecule has 1 aromatic rings. The van der Waals surface area contributed by atoms with Crippen molar-refractivity contribution in [2.24, 2.45) is 0 Å². The van der Waals surface area contributed by atoms with E-state index in [1.165, 1.54) is 0 Å². The molecule has 106 valence electrons. The van der Waals surface area contributed by atoms with E-state index in [-0.39, 0.29) is 10.8 Å². The fourth-order valence-corrected chi connectivity index (χ4v) is 4.84. The highest BCUT2D eigenvalue weighted by atomic mass is 32.2. The van der Waals surface area contributed by atoms with Gasteiger partial charge in [0.2, 0.25) is 0 Å². The van der Waals surface area contributed by atoms with Crippen LogP contribution in [-0.2, 0) is 21.0 Å². The van der Waals surface area contributed by atoms with Gasteiger partial charge < -0.3 is 9.84 Å². The normalized spacial score (nSPS) is 19.0. The number of aliphatic hydroxyl groups is 1. The molecule has 2 rings (SSSR count). The molecular formula is C12H16O5S2. The van der Waals surface area contributed by atoms with Gasteiger partial charge in [-0.1, -0.05) is 0 Å². The molecule has 0 radical (unpaired) electrons. The van der Waals surface area contributed by atoms with Gasteiger partial charge in [0, 0.05) is 11.8 Å². The summed E-state index contributed by atoms with van der Waals surface area (Å²) in [7, 11) is -3.45. The fraction of sp³-hybridized carbons (Fsp3) is 0.583. The lowest BCUT2D eigenvalue weighted by atomic mass is 9.91. The van der Waals surface area contributed by atoms with Crippen molar-refractivity contribution < 1.29 is 23.1 Å². The maximum atomic E-state index is 11.9. The molecule has 0 saturated heterocycles. The molecule has 1 aliphatic carbocycles. The van der Waals surface area contributed by atoms with E-state index in [1.54, 1.807) is 6.92 Å². The summed E-state index contributed by atoms with van der Waals surface area (Å²) in [4.78, 5) is 12.2. The monoisotopic (exact) mass is 304 g/mol. The minimum Gasteiger partial charge on any atom is -0.462 e. The van der Waals surface area contributed by atoms with Crippen LogP contribution in [-0.4, -0.2) is 32.4 Å². The summed E-state index contributed by atoms with van der Waals surface area (Å²) in [5.74, 6) is -0.507. The molecule has 1 atom stereocenters. The maximum Gasteiger partial charge on any atom is 0.348 e. The molecule has 5 nitrogen and oxygen atoms in total. The Labute approximate surface area is 116 Å². The van der Waals surface area contributed by atoms with Crippen molar-refractivity contribution in [3.05, 3.63) is 16.0 Å². The van der Waals surface area contributed by atoms with E-state index in [0.717, 1.165) is 24.0 Å². The van der Waals surface area contributed by atoms with Gasteiger partial charge in [-0.2, -0.15) is 0 Å². The second-order valence-corrected chi connectivity index (χ2v) is 7.74. The van der Waals surface area contributed by atoms with Crippen LogP contribution in [0.2, 0.25) is 0 Å². The summed E-state index contributed by atoms with van der Waals surface area (Å²) in [6.07, 6.45) is 2.14. The molecule has 1 aromatic heterocycles. The van der Waals surface area contributed by atoms with Gasteiger partial charge in [0.25, 0.3) is 0 Å². The molecule has 1 heterocycles. The van der Waals surface area contributed by atoms with E-state index in [9.17, 15) is 18.3 Å². The number of carbonyl (C=O) groups excluding carboxylic acids is 1. The van der Waals surface area contributed by atoms with Crippen LogP contribution >= 0.6 is 11.3 Å². The van der Waals surface area contributed by atoms with Crippen molar-refractivity contribution in [2.45, 2.75) is 36.5 Å². The Bertz CT molecular complexity index is 600. The zero-order chi connectivity index (χ0) is 14.2. The van der Waals surface area contributed by atoms with Gasteiger partial charge in [-0.15, -0.1) is 11.3 Å². The first-order valence-corrected chi connectivity index (χ1v) is 8.77. The molecule has 0 saturated carbocycles. The predicted molar refractivity (Wildman–Crippen MR) is 71.3 cm³/mol. The third-order valence-electron chi connectivity index (χ3n) is 3.05. The van der Waals surface area contributed by atoms with Crippen molar-refractivity contribution in [3.8, 4) is 0 Å². The van der Waals surface area contributed by atoms with E-state index in [1.807, 2.05) is 0 Å². The second-order valence-electron chi connectivity index (χ2n) is 4.51. The number of hydrogen-bond acceptors (Lipinski definition) is 6. The van der Waals surface area contributed by atoms with Gasteiger partial charge in [0.1, 0.15) is 9.09 Å².